The van der Waals surface area contributed by atoms with Crippen molar-refractivity contribution in [1.29, 1.82) is 0 Å². The van der Waals surface area contributed by atoms with Crippen LogP contribution in [0.4, 0.5) is 13.2 Å². The van der Waals surface area contributed by atoms with Gasteiger partial charge >= 0.3 is 14.0 Å². The van der Waals surface area contributed by atoms with Crippen molar-refractivity contribution < 1.29 is 41.2 Å². The number of phosphoric acid groups is 1. The minimum Gasteiger partial charge on any atom is -0.550 e. The predicted octanol–water partition coefficient (Wildman–Crippen LogP) is 3.47. The Morgan fingerprint density at radius 1 is 1.32 bits per heavy atom. The molecule has 0 spiro atoms. The van der Waals surface area contributed by atoms with Gasteiger partial charge in [0, 0.05) is 17.8 Å². The van der Waals surface area contributed by atoms with Crippen LogP contribution < -0.4 is 5.11 Å². The van der Waals surface area contributed by atoms with E-state index in [0.717, 1.165) is 0 Å². The number of hydrogen-bond donors (Lipinski definition) is 0. The lowest BCUT2D eigenvalue weighted by molar-refractivity contribution is -0.309. The molecule has 4 unspecified atom stereocenters. The molecule has 0 aromatic carbocycles. The van der Waals surface area contributed by atoms with Gasteiger partial charge in [-0.2, -0.15) is 13.2 Å². The summed E-state index contributed by atoms with van der Waals surface area (Å²) >= 11 is 8.00. The van der Waals surface area contributed by atoms with Crippen LogP contribution >= 0.6 is 35.4 Å². The molecule has 0 N–H and O–H groups in total. The maximum Gasteiger partial charge on any atom is 0.475 e. The van der Waals surface area contributed by atoms with Crippen molar-refractivity contribution in [3.05, 3.63) is 0 Å². The molecule has 1 fully saturated rings. The van der Waals surface area contributed by atoms with Gasteiger partial charge in [-0.15, -0.1) is 0 Å². The number of alkyl halides is 5. The molecular weight excluding hydrogens is 455 g/mol. The minimum absolute atomic E-state index is 0.161. The second kappa shape index (κ2) is 7.64. The molecule has 1 rings (SSSR count). The van der Waals surface area contributed by atoms with E-state index in [1.54, 1.807) is 0 Å². The second-order valence-corrected chi connectivity index (χ2v) is 10.00. The zero-order valence-corrected chi connectivity index (χ0v) is 17.2. The highest BCUT2D eigenvalue weighted by Gasteiger charge is 2.72. The lowest BCUT2D eigenvalue weighted by Gasteiger charge is -2.34. The van der Waals surface area contributed by atoms with Gasteiger partial charge in [-0.3, -0.25) is 13.6 Å². The normalized spacial score (nSPS) is 26.8. The zero-order valence-electron chi connectivity index (χ0n) is 13.9. The van der Waals surface area contributed by atoms with Gasteiger partial charge in [0.1, 0.15) is 6.10 Å². The summed E-state index contributed by atoms with van der Waals surface area (Å²) in [5.74, 6) is -4.05. The van der Waals surface area contributed by atoms with E-state index in [2.05, 4.69) is 15.9 Å². The van der Waals surface area contributed by atoms with Crippen molar-refractivity contribution in [3.8, 4) is 0 Å². The molecule has 0 aromatic heterocycles. The maximum absolute atomic E-state index is 13.4. The van der Waals surface area contributed by atoms with Crippen LogP contribution in [-0.2, 0) is 22.9 Å². The summed E-state index contributed by atoms with van der Waals surface area (Å²) in [7, 11) is -4.40. The summed E-state index contributed by atoms with van der Waals surface area (Å²) in [6.07, 6.45) is -7.10. The molecule has 148 valence electrons. The van der Waals surface area contributed by atoms with Gasteiger partial charge in [-0.05, 0) is 19.3 Å². The minimum atomic E-state index is -5.04. The van der Waals surface area contributed by atoms with E-state index in [1.165, 1.54) is 27.7 Å². The van der Waals surface area contributed by atoms with Crippen molar-refractivity contribution in [2.45, 2.75) is 43.8 Å². The number of carboxylic acid groups (broad SMARTS) is 1. The number of phosphoric ester groups is 1. The van der Waals surface area contributed by atoms with Crippen molar-refractivity contribution in [3.63, 3.8) is 0 Å². The first kappa shape index (κ1) is 23.2. The van der Waals surface area contributed by atoms with Crippen molar-refractivity contribution in [1.82, 2.24) is 0 Å². The fourth-order valence-electron chi connectivity index (χ4n) is 2.76. The number of carbonyl (C=O) groups excluding carboxylic acids is 1. The standard InChI is InChI=1S/C13H20BrClF3O6P/c1-5-22-25(21,23-6-2)24-9(12(14,15)13(16,17)18)7-8(10(19)20)11(7,3)4/h7-9H,5-6H2,1-4H3,(H,19,20)/p-1. The zero-order chi connectivity index (χ0) is 19.8. The van der Waals surface area contributed by atoms with Crippen molar-refractivity contribution >= 4 is 41.3 Å². The number of carboxylic acids is 1. The Bertz CT molecular complexity index is 546. The highest BCUT2D eigenvalue weighted by atomic mass is 79.9. The number of aliphatic carboxylic acids is 1. The fourth-order valence-corrected chi connectivity index (χ4v) is 4.93. The molecule has 1 aliphatic rings. The van der Waals surface area contributed by atoms with Gasteiger partial charge in [0.2, 0.25) is 3.78 Å². The van der Waals surface area contributed by atoms with Gasteiger partial charge in [-0.1, -0.05) is 41.4 Å². The average Bonchev–Trinajstić information content (AvgIpc) is 2.97. The third kappa shape index (κ3) is 4.71. The average molecular weight is 475 g/mol. The van der Waals surface area contributed by atoms with E-state index in [0.29, 0.717) is 0 Å². The topological polar surface area (TPSA) is 84.9 Å². The number of carbonyl (C=O) groups is 1. The van der Waals surface area contributed by atoms with E-state index in [4.69, 9.17) is 25.2 Å². The molecule has 12 heteroatoms. The van der Waals surface area contributed by atoms with E-state index in [9.17, 15) is 27.6 Å². The molecule has 25 heavy (non-hydrogen) atoms. The number of halogens is 5. The fraction of sp³-hybridized carbons (Fsp3) is 0.923. The maximum atomic E-state index is 13.4. The van der Waals surface area contributed by atoms with Gasteiger partial charge in [0.15, 0.2) is 0 Å². The predicted molar refractivity (Wildman–Crippen MR) is 85.1 cm³/mol. The Morgan fingerprint density at radius 2 is 1.76 bits per heavy atom. The van der Waals surface area contributed by atoms with Crippen LogP contribution in [0.15, 0.2) is 0 Å². The van der Waals surface area contributed by atoms with Crippen molar-refractivity contribution in [2.75, 3.05) is 13.2 Å². The smallest absolute Gasteiger partial charge is 0.475 e. The Balaban J connectivity index is 3.31. The molecule has 1 aliphatic carbocycles. The quantitative estimate of drug-likeness (QED) is 0.376. The van der Waals surface area contributed by atoms with E-state index in [1.807, 2.05) is 0 Å². The lowest BCUT2D eigenvalue weighted by atomic mass is 10.0. The van der Waals surface area contributed by atoms with E-state index >= 15 is 0 Å². The molecule has 0 heterocycles. The molecule has 0 radical (unpaired) electrons. The summed E-state index contributed by atoms with van der Waals surface area (Å²) in [5.41, 5.74) is -1.12. The molecule has 6 nitrogen and oxygen atoms in total. The van der Waals surface area contributed by atoms with Crippen LogP contribution in [-0.4, -0.2) is 35.2 Å². The summed E-state index contributed by atoms with van der Waals surface area (Å²) < 4.78 is 64.3. The summed E-state index contributed by atoms with van der Waals surface area (Å²) in [5, 5.41) is 11.2. The summed E-state index contributed by atoms with van der Waals surface area (Å²) in [4.78, 5) is 11.2. The summed E-state index contributed by atoms with van der Waals surface area (Å²) in [6, 6.07) is 0. The number of rotatable bonds is 9. The van der Waals surface area contributed by atoms with Gasteiger partial charge < -0.3 is 9.90 Å². The number of hydrogen-bond acceptors (Lipinski definition) is 6. The lowest BCUT2D eigenvalue weighted by Crippen LogP contribution is -2.48. The summed E-state index contributed by atoms with van der Waals surface area (Å²) in [6.45, 7) is 5.42. The van der Waals surface area contributed by atoms with Crippen LogP contribution in [0, 0.1) is 17.3 Å². The Morgan fingerprint density at radius 3 is 2.04 bits per heavy atom. The molecule has 0 saturated heterocycles. The molecule has 4 atom stereocenters. The first-order valence-corrected chi connectivity index (χ1v) is 10.0. The molecule has 0 bridgehead atoms. The van der Waals surface area contributed by atoms with Crippen LogP contribution in [0.3, 0.4) is 0 Å². The molecule has 0 aromatic rings. The van der Waals surface area contributed by atoms with Crippen LogP contribution in [0.25, 0.3) is 0 Å². The van der Waals surface area contributed by atoms with Gasteiger partial charge in [0.05, 0.1) is 13.2 Å². The SMILES string of the molecule is CCOP(=O)(OCC)OC(C1C(C(=O)[O-])C1(C)C)C(Cl)(Br)C(F)(F)F. The van der Waals surface area contributed by atoms with Crippen LogP contribution in [0.2, 0.25) is 0 Å². The Hall–Kier alpha value is 0.140. The molecule has 0 aliphatic heterocycles. The van der Waals surface area contributed by atoms with Crippen LogP contribution in [0.5, 0.6) is 0 Å². The van der Waals surface area contributed by atoms with Gasteiger partial charge in [-0.25, -0.2) is 4.57 Å². The monoisotopic (exact) mass is 473 g/mol. The molecule has 0 amide bonds. The highest BCUT2D eigenvalue weighted by Crippen LogP contribution is 2.68. The first-order valence-electron chi connectivity index (χ1n) is 7.38. The van der Waals surface area contributed by atoms with Crippen LogP contribution in [0.1, 0.15) is 27.7 Å². The highest BCUT2D eigenvalue weighted by molar-refractivity contribution is 9.10. The third-order valence-corrected chi connectivity index (χ3v) is 7.01. The largest absolute Gasteiger partial charge is 0.550 e. The second-order valence-electron chi connectivity index (χ2n) is 6.07. The first-order chi connectivity index (χ1) is 11.2. The van der Waals surface area contributed by atoms with E-state index in [-0.39, 0.29) is 13.2 Å². The Kier molecular flexibility index (Phi) is 7.08. The van der Waals surface area contributed by atoms with Gasteiger partial charge in [0.25, 0.3) is 0 Å². The molecule has 1 saturated carbocycles. The Labute approximate surface area is 157 Å². The third-order valence-electron chi connectivity index (χ3n) is 4.04. The van der Waals surface area contributed by atoms with E-state index < -0.39 is 47.1 Å². The molecular formula is C13H19BrClF3O6P-. The van der Waals surface area contributed by atoms with Crippen molar-refractivity contribution in [2.24, 2.45) is 17.3 Å².